The second kappa shape index (κ2) is 5.95. The monoisotopic (exact) mass is 258 g/mol. The van der Waals surface area contributed by atoms with E-state index in [-0.39, 0.29) is 12.2 Å². The Morgan fingerprint density at radius 1 is 1.16 bits per heavy atom. The lowest BCUT2D eigenvalue weighted by Gasteiger charge is -2.08. The third-order valence-corrected chi connectivity index (χ3v) is 2.67. The minimum atomic E-state index is -0.0403. The molecule has 0 atom stereocenters. The summed E-state index contributed by atoms with van der Waals surface area (Å²) in [5, 5.41) is 7.64. The normalized spacial score (nSPS) is 10.0. The molecule has 0 aliphatic carbocycles. The van der Waals surface area contributed by atoms with E-state index in [1.807, 2.05) is 0 Å². The van der Waals surface area contributed by atoms with Gasteiger partial charge in [-0.25, -0.2) is 0 Å². The van der Waals surface area contributed by atoms with Gasteiger partial charge in [0.05, 0.1) is 26.3 Å². The van der Waals surface area contributed by atoms with Crippen LogP contribution in [0.2, 0.25) is 0 Å². The first-order valence-corrected chi connectivity index (χ1v) is 5.76. The summed E-state index contributed by atoms with van der Waals surface area (Å²) >= 11 is 0. The van der Waals surface area contributed by atoms with Gasteiger partial charge in [0.1, 0.15) is 0 Å². The zero-order valence-corrected chi connectivity index (χ0v) is 10.8. The average molecular weight is 258 g/mol. The van der Waals surface area contributed by atoms with E-state index in [2.05, 4.69) is 10.2 Å². The Kier molecular flexibility index (Phi) is 4.07. The second-order valence-corrected chi connectivity index (χ2v) is 3.88. The molecule has 1 aromatic carbocycles. The lowest BCUT2D eigenvalue weighted by molar-refractivity contribution is 0.0991. The summed E-state index contributed by atoms with van der Waals surface area (Å²) in [5.74, 6) is 1.09. The van der Waals surface area contributed by atoms with Crippen molar-refractivity contribution in [2.75, 3.05) is 14.2 Å². The molecule has 0 saturated carbocycles. The van der Waals surface area contributed by atoms with Gasteiger partial charge in [0, 0.05) is 11.8 Å². The van der Waals surface area contributed by atoms with E-state index >= 15 is 0 Å². The standard InChI is InChI=1S/C14H14N2O3/c1-18-13-6-5-10(8-14(13)19-2)12(17)9-11-4-3-7-15-16-11/h3-8H,9H2,1-2H3. The molecule has 0 fully saturated rings. The molecule has 1 heterocycles. The first-order chi connectivity index (χ1) is 9.24. The summed E-state index contributed by atoms with van der Waals surface area (Å²) in [4.78, 5) is 12.1. The number of nitrogens with zero attached hydrogens (tertiary/aromatic N) is 2. The Bertz CT molecular complexity index is 570. The molecule has 0 aliphatic rings. The van der Waals surface area contributed by atoms with Crippen molar-refractivity contribution >= 4 is 5.78 Å². The van der Waals surface area contributed by atoms with Crippen molar-refractivity contribution in [1.82, 2.24) is 10.2 Å². The molecule has 19 heavy (non-hydrogen) atoms. The number of ketones is 1. The molecule has 0 unspecified atom stereocenters. The molecule has 0 N–H and O–H groups in total. The van der Waals surface area contributed by atoms with Crippen LogP contribution in [0.3, 0.4) is 0 Å². The molecule has 5 nitrogen and oxygen atoms in total. The number of hydrogen-bond acceptors (Lipinski definition) is 5. The van der Waals surface area contributed by atoms with Gasteiger partial charge in [-0.3, -0.25) is 4.79 Å². The third-order valence-electron chi connectivity index (χ3n) is 2.67. The van der Waals surface area contributed by atoms with Crippen LogP contribution < -0.4 is 9.47 Å². The van der Waals surface area contributed by atoms with Gasteiger partial charge in [0.15, 0.2) is 17.3 Å². The zero-order chi connectivity index (χ0) is 13.7. The molecule has 2 rings (SSSR count). The molecule has 5 heteroatoms. The lowest BCUT2D eigenvalue weighted by atomic mass is 10.1. The van der Waals surface area contributed by atoms with Gasteiger partial charge in [0.25, 0.3) is 0 Å². The molecule has 0 radical (unpaired) electrons. The maximum absolute atomic E-state index is 12.1. The molecule has 2 aromatic rings. The number of aromatic nitrogens is 2. The van der Waals surface area contributed by atoms with Crippen molar-refractivity contribution < 1.29 is 14.3 Å². The Hall–Kier alpha value is -2.43. The first-order valence-electron chi connectivity index (χ1n) is 5.76. The number of benzene rings is 1. The summed E-state index contributed by atoms with van der Waals surface area (Å²) < 4.78 is 10.3. The molecule has 0 saturated heterocycles. The highest BCUT2D eigenvalue weighted by Gasteiger charge is 2.12. The number of hydrogen-bond donors (Lipinski definition) is 0. The van der Waals surface area contributed by atoms with Crippen molar-refractivity contribution in [3.63, 3.8) is 0 Å². The SMILES string of the molecule is COc1ccc(C(=O)Cc2cccnn2)cc1OC. The van der Waals surface area contributed by atoms with Crippen molar-refractivity contribution in [1.29, 1.82) is 0 Å². The highest BCUT2D eigenvalue weighted by molar-refractivity contribution is 5.97. The second-order valence-electron chi connectivity index (χ2n) is 3.88. The number of Topliss-reactive ketones (excluding diaryl/α,β-unsaturated/α-hetero) is 1. The Morgan fingerprint density at radius 2 is 1.95 bits per heavy atom. The maximum Gasteiger partial charge on any atom is 0.169 e. The van der Waals surface area contributed by atoms with Gasteiger partial charge in [-0.2, -0.15) is 10.2 Å². The molecule has 0 aliphatic heterocycles. The number of methoxy groups -OCH3 is 2. The van der Waals surface area contributed by atoms with Crippen LogP contribution in [0.5, 0.6) is 11.5 Å². The summed E-state index contributed by atoms with van der Waals surface area (Å²) in [5.41, 5.74) is 1.20. The lowest BCUT2D eigenvalue weighted by Crippen LogP contribution is -2.06. The molecular weight excluding hydrogens is 244 g/mol. The Balaban J connectivity index is 2.20. The topological polar surface area (TPSA) is 61.3 Å². The van der Waals surface area contributed by atoms with E-state index in [1.165, 1.54) is 7.11 Å². The molecule has 0 bridgehead atoms. The summed E-state index contributed by atoms with van der Waals surface area (Å²) in [7, 11) is 3.09. The molecule has 0 spiro atoms. The van der Waals surface area contributed by atoms with E-state index in [9.17, 15) is 4.79 Å². The maximum atomic E-state index is 12.1. The van der Waals surface area contributed by atoms with Crippen molar-refractivity contribution in [3.8, 4) is 11.5 Å². The predicted molar refractivity (Wildman–Crippen MR) is 69.6 cm³/mol. The van der Waals surface area contributed by atoms with Crippen molar-refractivity contribution in [3.05, 3.63) is 47.8 Å². The van der Waals surface area contributed by atoms with E-state index < -0.39 is 0 Å². The highest BCUT2D eigenvalue weighted by Crippen LogP contribution is 2.27. The van der Waals surface area contributed by atoms with Crippen LogP contribution in [0.4, 0.5) is 0 Å². The van der Waals surface area contributed by atoms with Gasteiger partial charge in [-0.1, -0.05) is 0 Å². The average Bonchev–Trinajstić information content (AvgIpc) is 2.47. The van der Waals surface area contributed by atoms with Crippen LogP contribution in [0.15, 0.2) is 36.5 Å². The van der Waals surface area contributed by atoms with Crippen LogP contribution in [0, 0.1) is 0 Å². The number of carbonyl (C=O) groups excluding carboxylic acids is 1. The fourth-order valence-electron chi connectivity index (χ4n) is 1.70. The van der Waals surface area contributed by atoms with E-state index in [1.54, 1.807) is 43.6 Å². The molecular formula is C14H14N2O3. The molecule has 0 amide bonds. The first kappa shape index (κ1) is 13.0. The van der Waals surface area contributed by atoms with Gasteiger partial charge in [-0.15, -0.1) is 0 Å². The largest absolute Gasteiger partial charge is 0.493 e. The van der Waals surface area contributed by atoms with Crippen LogP contribution in [-0.2, 0) is 6.42 Å². The Labute approximate surface area is 111 Å². The highest BCUT2D eigenvalue weighted by atomic mass is 16.5. The fourth-order valence-corrected chi connectivity index (χ4v) is 1.70. The predicted octanol–water partition coefficient (Wildman–Crippen LogP) is 1.92. The van der Waals surface area contributed by atoms with E-state index in [0.717, 1.165) is 0 Å². The van der Waals surface area contributed by atoms with Gasteiger partial charge >= 0.3 is 0 Å². The molecule has 98 valence electrons. The van der Waals surface area contributed by atoms with Crippen LogP contribution in [-0.4, -0.2) is 30.2 Å². The van der Waals surface area contributed by atoms with Gasteiger partial charge < -0.3 is 9.47 Å². The van der Waals surface area contributed by atoms with Crippen molar-refractivity contribution in [2.45, 2.75) is 6.42 Å². The summed E-state index contributed by atoms with van der Waals surface area (Å²) in [6.07, 6.45) is 1.79. The smallest absolute Gasteiger partial charge is 0.169 e. The third kappa shape index (κ3) is 3.07. The van der Waals surface area contributed by atoms with Crippen LogP contribution >= 0.6 is 0 Å². The minimum Gasteiger partial charge on any atom is -0.493 e. The summed E-state index contributed by atoms with van der Waals surface area (Å²) in [6, 6.07) is 8.61. The van der Waals surface area contributed by atoms with Crippen LogP contribution in [0.1, 0.15) is 16.1 Å². The van der Waals surface area contributed by atoms with Crippen molar-refractivity contribution in [2.24, 2.45) is 0 Å². The number of ether oxygens (including phenoxy) is 2. The number of rotatable bonds is 5. The minimum absolute atomic E-state index is 0.0403. The van der Waals surface area contributed by atoms with Crippen LogP contribution in [0.25, 0.3) is 0 Å². The quantitative estimate of drug-likeness (QED) is 0.767. The zero-order valence-electron chi connectivity index (χ0n) is 10.8. The summed E-state index contributed by atoms with van der Waals surface area (Å²) in [6.45, 7) is 0. The van der Waals surface area contributed by atoms with E-state index in [0.29, 0.717) is 22.8 Å². The Morgan fingerprint density at radius 3 is 2.58 bits per heavy atom. The van der Waals surface area contributed by atoms with E-state index in [4.69, 9.17) is 9.47 Å². The number of carbonyl (C=O) groups is 1. The van der Waals surface area contributed by atoms with Gasteiger partial charge in [0.2, 0.25) is 0 Å². The molecule has 1 aromatic heterocycles. The van der Waals surface area contributed by atoms with Gasteiger partial charge in [-0.05, 0) is 30.3 Å². The fraction of sp³-hybridized carbons (Fsp3) is 0.214.